The van der Waals surface area contributed by atoms with Gasteiger partial charge in [-0.1, -0.05) is 48.5 Å². The van der Waals surface area contributed by atoms with E-state index in [4.69, 9.17) is 0 Å². The highest BCUT2D eigenvalue weighted by Crippen LogP contribution is 2.38. The maximum atomic E-state index is 13.5. The number of benzene rings is 4. The van der Waals surface area contributed by atoms with Crippen LogP contribution in [0.5, 0.6) is 0 Å². The number of carbonyl (C=O) groups is 2. The number of anilines is 4. The van der Waals surface area contributed by atoms with Crippen molar-refractivity contribution in [2.45, 2.75) is 0 Å². The molecule has 0 aromatic heterocycles. The standard InChI is InChI=1S/C34H35N5O4S/c1-37(2)21-22-39(44(4,42)43)28-18-16-26(17-19-28)35-32(24-11-7-5-8-12-24)31-29-23-25(15-20-30(29)36-33(31)40)34(41)38(3)27-13-9-6-10-14-27/h5-20,23,35H,21-22H2,1-4H3,(H,36,40)/b32-31-. The summed E-state index contributed by atoms with van der Waals surface area (Å²) in [5.74, 6) is -0.497. The Bertz CT molecular complexity index is 1810. The van der Waals surface area contributed by atoms with E-state index in [0.717, 1.165) is 11.3 Å². The number of para-hydroxylation sites is 1. The van der Waals surface area contributed by atoms with Crippen molar-refractivity contribution in [2.75, 3.05) is 60.3 Å². The fourth-order valence-corrected chi connectivity index (χ4v) is 5.95. The lowest BCUT2D eigenvalue weighted by atomic mass is 9.98. The van der Waals surface area contributed by atoms with Crippen LogP contribution in [0.15, 0.2) is 103 Å². The Balaban J connectivity index is 1.53. The van der Waals surface area contributed by atoms with Crippen molar-refractivity contribution < 1.29 is 18.0 Å². The summed E-state index contributed by atoms with van der Waals surface area (Å²) in [5.41, 5.74) is 5.36. The van der Waals surface area contributed by atoms with Gasteiger partial charge in [0.25, 0.3) is 11.8 Å². The van der Waals surface area contributed by atoms with Crippen molar-refractivity contribution in [1.82, 2.24) is 4.90 Å². The molecule has 44 heavy (non-hydrogen) atoms. The summed E-state index contributed by atoms with van der Waals surface area (Å²) < 4.78 is 26.4. The lowest BCUT2D eigenvalue weighted by Gasteiger charge is -2.24. The summed E-state index contributed by atoms with van der Waals surface area (Å²) in [6.45, 7) is 0.882. The molecule has 0 saturated carbocycles. The lowest BCUT2D eigenvalue weighted by Crippen LogP contribution is -2.35. The van der Waals surface area contributed by atoms with Crippen LogP contribution < -0.4 is 19.8 Å². The number of likely N-dealkylation sites (N-methyl/N-ethyl adjacent to an activating group) is 1. The summed E-state index contributed by atoms with van der Waals surface area (Å²) in [6, 6.07) is 31.1. The molecule has 226 valence electrons. The van der Waals surface area contributed by atoms with Gasteiger partial charge in [0.15, 0.2) is 0 Å². The number of hydrogen-bond acceptors (Lipinski definition) is 6. The average molecular weight is 610 g/mol. The first-order chi connectivity index (χ1) is 21.0. The normalized spacial score (nSPS) is 13.7. The number of hydrogen-bond donors (Lipinski definition) is 2. The van der Waals surface area contributed by atoms with Crippen LogP contribution in [0.3, 0.4) is 0 Å². The van der Waals surface area contributed by atoms with Crippen molar-refractivity contribution >= 4 is 55.9 Å². The number of nitrogens with one attached hydrogen (secondary N) is 2. The van der Waals surface area contributed by atoms with Gasteiger partial charge in [0.1, 0.15) is 0 Å². The molecule has 0 spiro atoms. The van der Waals surface area contributed by atoms with E-state index in [1.165, 1.54) is 10.6 Å². The van der Waals surface area contributed by atoms with Gasteiger partial charge in [0.2, 0.25) is 10.0 Å². The van der Waals surface area contributed by atoms with Gasteiger partial charge in [0.05, 0.1) is 23.2 Å². The fraction of sp³-hybridized carbons (Fsp3) is 0.176. The van der Waals surface area contributed by atoms with Crippen molar-refractivity contribution in [3.8, 4) is 0 Å². The molecule has 0 saturated heterocycles. The Morgan fingerprint density at radius 1 is 0.773 bits per heavy atom. The summed E-state index contributed by atoms with van der Waals surface area (Å²) in [6.07, 6.45) is 1.19. The largest absolute Gasteiger partial charge is 0.354 e. The first-order valence-corrected chi connectivity index (χ1v) is 16.0. The van der Waals surface area contributed by atoms with Crippen LogP contribution in [0.1, 0.15) is 21.5 Å². The predicted octanol–water partition coefficient (Wildman–Crippen LogP) is 5.22. The Kier molecular flexibility index (Phi) is 8.84. The molecule has 1 aliphatic rings. The molecule has 9 nitrogen and oxygen atoms in total. The van der Waals surface area contributed by atoms with Gasteiger partial charge in [0, 0.05) is 48.3 Å². The third-order valence-corrected chi connectivity index (χ3v) is 8.54. The molecule has 1 aliphatic heterocycles. The Labute approximate surface area is 258 Å². The minimum Gasteiger partial charge on any atom is -0.354 e. The van der Waals surface area contributed by atoms with Crippen LogP contribution >= 0.6 is 0 Å². The van der Waals surface area contributed by atoms with Crippen LogP contribution in [0.4, 0.5) is 22.7 Å². The lowest BCUT2D eigenvalue weighted by molar-refractivity contribution is -0.110. The van der Waals surface area contributed by atoms with Crippen molar-refractivity contribution in [1.29, 1.82) is 0 Å². The maximum absolute atomic E-state index is 13.5. The molecule has 0 unspecified atom stereocenters. The quantitative estimate of drug-likeness (QED) is 0.239. The topological polar surface area (TPSA) is 102 Å². The minimum atomic E-state index is -3.49. The van der Waals surface area contributed by atoms with Gasteiger partial charge in [-0.2, -0.15) is 0 Å². The first kappa shape index (κ1) is 30.5. The monoisotopic (exact) mass is 609 g/mol. The molecule has 4 aromatic rings. The van der Waals surface area contributed by atoms with Gasteiger partial charge in [-0.15, -0.1) is 0 Å². The smallest absolute Gasteiger partial charge is 0.258 e. The molecule has 0 atom stereocenters. The van der Waals surface area contributed by atoms with Crippen LogP contribution in [0.25, 0.3) is 11.3 Å². The predicted molar refractivity (Wildman–Crippen MR) is 178 cm³/mol. The summed E-state index contributed by atoms with van der Waals surface area (Å²) in [7, 11) is 2.02. The third-order valence-electron chi connectivity index (χ3n) is 7.35. The zero-order valence-electron chi connectivity index (χ0n) is 25.1. The fourth-order valence-electron chi connectivity index (χ4n) is 5.03. The van der Waals surface area contributed by atoms with E-state index in [9.17, 15) is 18.0 Å². The molecule has 0 radical (unpaired) electrons. The number of nitrogens with zero attached hydrogens (tertiary/aromatic N) is 3. The molecule has 0 fully saturated rings. The highest BCUT2D eigenvalue weighted by Gasteiger charge is 2.30. The van der Waals surface area contributed by atoms with Gasteiger partial charge < -0.3 is 20.4 Å². The van der Waals surface area contributed by atoms with Crippen LogP contribution in [0, 0.1) is 0 Å². The van der Waals surface area contributed by atoms with Crippen molar-refractivity contribution in [3.63, 3.8) is 0 Å². The molecule has 0 aliphatic carbocycles. The number of fused-ring (bicyclic) bond motifs is 1. The molecule has 2 amide bonds. The third kappa shape index (κ3) is 6.66. The van der Waals surface area contributed by atoms with Crippen molar-refractivity contribution in [3.05, 3.63) is 120 Å². The average Bonchev–Trinajstić information content (AvgIpc) is 3.34. The Morgan fingerprint density at radius 3 is 2.02 bits per heavy atom. The SMILES string of the molecule is CN(C)CCN(c1ccc(N/C(=C2\C(=O)Nc3ccc(C(=O)N(C)c4ccccc4)cc32)c2ccccc2)cc1)S(C)(=O)=O. The highest BCUT2D eigenvalue weighted by atomic mass is 32.2. The van der Waals surface area contributed by atoms with E-state index in [1.54, 1.807) is 54.4 Å². The molecule has 5 rings (SSSR count). The molecular weight excluding hydrogens is 574 g/mol. The molecule has 2 N–H and O–H groups in total. The number of rotatable bonds is 10. The molecule has 1 heterocycles. The number of sulfonamides is 1. The van der Waals surface area contributed by atoms with E-state index in [-0.39, 0.29) is 11.8 Å². The van der Waals surface area contributed by atoms with Gasteiger partial charge in [-0.25, -0.2) is 8.42 Å². The second kappa shape index (κ2) is 12.7. The van der Waals surface area contributed by atoms with Crippen LogP contribution in [0.2, 0.25) is 0 Å². The molecule has 0 bridgehead atoms. The summed E-state index contributed by atoms with van der Waals surface area (Å²) in [5, 5.41) is 6.34. The minimum absolute atomic E-state index is 0.202. The van der Waals surface area contributed by atoms with Crippen molar-refractivity contribution in [2.24, 2.45) is 0 Å². The molecule has 4 aromatic carbocycles. The molecular formula is C34H35N5O4S. The first-order valence-electron chi connectivity index (χ1n) is 14.1. The second-order valence-electron chi connectivity index (χ2n) is 10.8. The van der Waals surface area contributed by atoms with Gasteiger partial charge >= 0.3 is 0 Å². The summed E-state index contributed by atoms with van der Waals surface area (Å²) >= 11 is 0. The number of carbonyl (C=O) groups excluding carboxylic acids is 2. The summed E-state index contributed by atoms with van der Waals surface area (Å²) in [4.78, 5) is 30.4. The number of amides is 2. The second-order valence-corrected chi connectivity index (χ2v) is 12.7. The van der Waals surface area contributed by atoms with E-state index < -0.39 is 10.0 Å². The van der Waals surface area contributed by atoms with E-state index in [2.05, 4.69) is 10.6 Å². The Hall–Kier alpha value is -4.93. The maximum Gasteiger partial charge on any atom is 0.258 e. The van der Waals surface area contributed by atoms with E-state index in [0.29, 0.717) is 52.5 Å². The Morgan fingerprint density at radius 2 is 1.41 bits per heavy atom. The van der Waals surface area contributed by atoms with E-state index >= 15 is 0 Å². The molecule has 10 heteroatoms. The van der Waals surface area contributed by atoms with Gasteiger partial charge in [-0.3, -0.25) is 13.9 Å². The van der Waals surface area contributed by atoms with Crippen LogP contribution in [-0.2, 0) is 14.8 Å². The van der Waals surface area contributed by atoms with Crippen LogP contribution in [-0.4, -0.2) is 65.6 Å². The zero-order chi connectivity index (χ0) is 31.4. The highest BCUT2D eigenvalue weighted by molar-refractivity contribution is 7.92. The van der Waals surface area contributed by atoms with E-state index in [1.807, 2.05) is 79.7 Å². The zero-order valence-corrected chi connectivity index (χ0v) is 25.9. The van der Waals surface area contributed by atoms with Gasteiger partial charge in [-0.05, 0) is 74.3 Å².